The molecule has 0 aliphatic carbocycles. The van der Waals surface area contributed by atoms with E-state index in [9.17, 15) is 0 Å². The van der Waals surface area contributed by atoms with Gasteiger partial charge in [0, 0.05) is 29.6 Å². The number of aryl methyl sites for hydroxylation is 2. The Morgan fingerprint density at radius 2 is 2.00 bits per heavy atom. The van der Waals surface area contributed by atoms with E-state index in [1.807, 2.05) is 12.3 Å². The van der Waals surface area contributed by atoms with Crippen LogP contribution in [-0.2, 0) is 6.54 Å². The molecule has 1 aromatic carbocycles. The van der Waals surface area contributed by atoms with E-state index in [-0.39, 0.29) is 0 Å². The number of benzene rings is 1. The average molecular weight is 297 g/mol. The van der Waals surface area contributed by atoms with Crippen molar-refractivity contribution in [3.05, 3.63) is 36.2 Å². The standard InChI is InChI=1S/C18H23N3O/c1-13-18-16(8-9-19-13)15-7-6-14(22-4)12-17(15)21(18)11-5-10-20(2)3/h6-9,12H,5,10-11H2,1-4H3. The molecule has 0 saturated heterocycles. The number of hydrogen-bond acceptors (Lipinski definition) is 3. The highest BCUT2D eigenvalue weighted by Crippen LogP contribution is 2.32. The van der Waals surface area contributed by atoms with Crippen LogP contribution in [0.25, 0.3) is 21.8 Å². The van der Waals surface area contributed by atoms with Gasteiger partial charge in [-0.1, -0.05) is 0 Å². The van der Waals surface area contributed by atoms with E-state index in [1.165, 1.54) is 21.8 Å². The second-order valence-electron chi connectivity index (χ2n) is 5.98. The summed E-state index contributed by atoms with van der Waals surface area (Å²) in [5.74, 6) is 0.898. The Morgan fingerprint density at radius 3 is 2.73 bits per heavy atom. The average Bonchev–Trinajstić information content (AvgIpc) is 2.82. The molecule has 3 aromatic rings. The third-order valence-corrected chi connectivity index (χ3v) is 4.15. The van der Waals surface area contributed by atoms with Crippen molar-refractivity contribution in [2.75, 3.05) is 27.7 Å². The van der Waals surface area contributed by atoms with Crippen molar-refractivity contribution < 1.29 is 4.74 Å². The first-order valence-electron chi connectivity index (χ1n) is 7.68. The van der Waals surface area contributed by atoms with Crippen molar-refractivity contribution in [1.29, 1.82) is 0 Å². The minimum Gasteiger partial charge on any atom is -0.497 e. The fourth-order valence-corrected chi connectivity index (χ4v) is 3.10. The van der Waals surface area contributed by atoms with Gasteiger partial charge in [0.1, 0.15) is 5.75 Å². The molecule has 22 heavy (non-hydrogen) atoms. The van der Waals surface area contributed by atoms with E-state index in [0.29, 0.717) is 0 Å². The summed E-state index contributed by atoms with van der Waals surface area (Å²) in [4.78, 5) is 6.71. The summed E-state index contributed by atoms with van der Waals surface area (Å²) in [6.07, 6.45) is 3.00. The fraction of sp³-hybridized carbons (Fsp3) is 0.389. The first-order chi connectivity index (χ1) is 10.6. The first kappa shape index (κ1) is 14.9. The third kappa shape index (κ3) is 2.55. The molecule has 0 atom stereocenters. The zero-order valence-electron chi connectivity index (χ0n) is 13.8. The van der Waals surface area contributed by atoms with Gasteiger partial charge >= 0.3 is 0 Å². The molecule has 4 heteroatoms. The molecule has 4 nitrogen and oxygen atoms in total. The van der Waals surface area contributed by atoms with Crippen LogP contribution in [0.15, 0.2) is 30.5 Å². The molecular weight excluding hydrogens is 274 g/mol. The molecule has 0 fully saturated rings. The number of methoxy groups -OCH3 is 1. The Morgan fingerprint density at radius 1 is 1.18 bits per heavy atom. The normalized spacial score (nSPS) is 11.7. The number of ether oxygens (including phenoxy) is 1. The van der Waals surface area contributed by atoms with Gasteiger partial charge in [-0.05, 0) is 52.2 Å². The molecule has 0 saturated carbocycles. The predicted molar refractivity (Wildman–Crippen MR) is 91.7 cm³/mol. The fourth-order valence-electron chi connectivity index (χ4n) is 3.10. The predicted octanol–water partition coefficient (Wildman–Crippen LogP) is 3.46. The van der Waals surface area contributed by atoms with E-state index in [0.717, 1.165) is 31.0 Å². The summed E-state index contributed by atoms with van der Waals surface area (Å²) in [5, 5.41) is 2.54. The highest BCUT2D eigenvalue weighted by molar-refractivity contribution is 6.09. The Labute approximate surface area is 131 Å². The van der Waals surface area contributed by atoms with Gasteiger partial charge in [0.15, 0.2) is 0 Å². The lowest BCUT2D eigenvalue weighted by atomic mass is 10.1. The lowest BCUT2D eigenvalue weighted by Gasteiger charge is -2.12. The topological polar surface area (TPSA) is 30.3 Å². The molecule has 3 rings (SSSR count). The SMILES string of the molecule is COc1ccc2c3ccnc(C)c3n(CCCN(C)C)c2c1. The molecule has 0 spiro atoms. The van der Waals surface area contributed by atoms with E-state index < -0.39 is 0 Å². The Bertz CT molecular complexity index is 805. The van der Waals surface area contributed by atoms with E-state index >= 15 is 0 Å². The molecule has 0 bridgehead atoms. The van der Waals surface area contributed by atoms with Crippen LogP contribution in [0, 0.1) is 6.92 Å². The summed E-state index contributed by atoms with van der Waals surface area (Å²) in [7, 11) is 5.94. The van der Waals surface area contributed by atoms with Crippen LogP contribution >= 0.6 is 0 Å². The monoisotopic (exact) mass is 297 g/mol. The second kappa shape index (κ2) is 5.97. The maximum atomic E-state index is 5.41. The van der Waals surface area contributed by atoms with Gasteiger partial charge in [0.05, 0.1) is 23.8 Å². The van der Waals surface area contributed by atoms with Gasteiger partial charge in [-0.2, -0.15) is 0 Å². The van der Waals surface area contributed by atoms with Crippen molar-refractivity contribution in [3.8, 4) is 5.75 Å². The van der Waals surface area contributed by atoms with Gasteiger partial charge in [-0.15, -0.1) is 0 Å². The molecular formula is C18H23N3O. The van der Waals surface area contributed by atoms with E-state index in [2.05, 4.69) is 53.7 Å². The van der Waals surface area contributed by atoms with Crippen LogP contribution in [0.5, 0.6) is 5.75 Å². The summed E-state index contributed by atoms with van der Waals surface area (Å²) in [5.41, 5.74) is 3.55. The zero-order chi connectivity index (χ0) is 15.7. The van der Waals surface area contributed by atoms with Gasteiger partial charge in [0.2, 0.25) is 0 Å². The van der Waals surface area contributed by atoms with Crippen LogP contribution in [0.4, 0.5) is 0 Å². The summed E-state index contributed by atoms with van der Waals surface area (Å²) in [6.45, 7) is 4.14. The van der Waals surface area contributed by atoms with Crippen LogP contribution in [0.2, 0.25) is 0 Å². The van der Waals surface area contributed by atoms with Crippen molar-refractivity contribution in [2.24, 2.45) is 0 Å². The minimum atomic E-state index is 0.898. The molecule has 0 unspecified atom stereocenters. The van der Waals surface area contributed by atoms with E-state index in [1.54, 1.807) is 7.11 Å². The number of fused-ring (bicyclic) bond motifs is 3. The molecule has 0 N–H and O–H groups in total. The molecule has 0 aliphatic heterocycles. The minimum absolute atomic E-state index is 0.898. The quantitative estimate of drug-likeness (QED) is 0.722. The smallest absolute Gasteiger partial charge is 0.120 e. The highest BCUT2D eigenvalue weighted by Gasteiger charge is 2.13. The number of hydrogen-bond donors (Lipinski definition) is 0. The van der Waals surface area contributed by atoms with E-state index in [4.69, 9.17) is 4.74 Å². The summed E-state index contributed by atoms with van der Waals surface area (Å²) < 4.78 is 7.80. The molecule has 0 radical (unpaired) electrons. The van der Waals surface area contributed by atoms with Gasteiger partial charge in [0.25, 0.3) is 0 Å². The van der Waals surface area contributed by atoms with Gasteiger partial charge in [-0.25, -0.2) is 0 Å². The molecule has 2 heterocycles. The summed E-state index contributed by atoms with van der Waals surface area (Å²) in [6, 6.07) is 8.42. The number of nitrogens with zero attached hydrogens (tertiary/aromatic N) is 3. The summed E-state index contributed by atoms with van der Waals surface area (Å²) >= 11 is 0. The molecule has 0 amide bonds. The number of rotatable bonds is 5. The molecule has 0 aliphatic rings. The van der Waals surface area contributed by atoms with Crippen LogP contribution < -0.4 is 4.74 Å². The molecule has 2 aromatic heterocycles. The third-order valence-electron chi connectivity index (χ3n) is 4.15. The lowest BCUT2D eigenvalue weighted by molar-refractivity contribution is 0.389. The van der Waals surface area contributed by atoms with Crippen LogP contribution in [0.1, 0.15) is 12.1 Å². The molecule has 116 valence electrons. The largest absolute Gasteiger partial charge is 0.497 e. The highest BCUT2D eigenvalue weighted by atomic mass is 16.5. The van der Waals surface area contributed by atoms with Gasteiger partial charge in [-0.3, -0.25) is 4.98 Å². The number of pyridine rings is 1. The first-order valence-corrected chi connectivity index (χ1v) is 7.68. The lowest BCUT2D eigenvalue weighted by Crippen LogP contribution is -2.15. The van der Waals surface area contributed by atoms with Crippen molar-refractivity contribution in [2.45, 2.75) is 19.9 Å². The Hall–Kier alpha value is -2.07. The Kier molecular flexibility index (Phi) is 4.03. The zero-order valence-corrected chi connectivity index (χ0v) is 13.8. The second-order valence-corrected chi connectivity index (χ2v) is 5.98. The van der Waals surface area contributed by atoms with Gasteiger partial charge < -0.3 is 14.2 Å². The van der Waals surface area contributed by atoms with Crippen LogP contribution in [-0.4, -0.2) is 42.2 Å². The Balaban J connectivity index is 2.19. The van der Waals surface area contributed by atoms with Crippen molar-refractivity contribution in [1.82, 2.24) is 14.5 Å². The number of aromatic nitrogens is 2. The van der Waals surface area contributed by atoms with Crippen LogP contribution in [0.3, 0.4) is 0 Å². The maximum Gasteiger partial charge on any atom is 0.120 e. The maximum absolute atomic E-state index is 5.41. The van der Waals surface area contributed by atoms with Crippen molar-refractivity contribution in [3.63, 3.8) is 0 Å². The van der Waals surface area contributed by atoms with Crippen molar-refractivity contribution >= 4 is 21.8 Å².